The van der Waals surface area contributed by atoms with Crippen LogP contribution in [0.3, 0.4) is 0 Å². The van der Waals surface area contributed by atoms with Crippen LogP contribution in [0.25, 0.3) is 0 Å². The molecule has 0 atom stereocenters. The molecule has 1 heterocycles. The number of nitrogen functional groups attached to an aromatic ring is 1. The van der Waals surface area contributed by atoms with E-state index in [1.165, 1.54) is 0 Å². The maximum Gasteiger partial charge on any atom is 0.323 e. The van der Waals surface area contributed by atoms with E-state index in [0.717, 1.165) is 11.3 Å². The summed E-state index contributed by atoms with van der Waals surface area (Å²) in [6.45, 7) is 4.23. The van der Waals surface area contributed by atoms with E-state index in [1.54, 1.807) is 6.07 Å². The van der Waals surface area contributed by atoms with Crippen LogP contribution in [0.4, 0.5) is 17.6 Å². The van der Waals surface area contributed by atoms with Crippen LogP contribution in [-0.2, 0) is 0 Å². The summed E-state index contributed by atoms with van der Waals surface area (Å²) in [5, 5.41) is 3.67. The van der Waals surface area contributed by atoms with Crippen molar-refractivity contribution in [3.05, 3.63) is 28.8 Å². The lowest BCUT2D eigenvalue weighted by Crippen LogP contribution is -2.06. The molecule has 0 saturated heterocycles. The Morgan fingerprint density at radius 2 is 2.11 bits per heavy atom. The molecule has 0 aliphatic rings. The minimum atomic E-state index is 0.0964. The Morgan fingerprint density at radius 3 is 2.79 bits per heavy atom. The number of anilines is 3. The van der Waals surface area contributed by atoms with Gasteiger partial charge in [0.05, 0.1) is 6.61 Å². The number of aryl methyl sites for hydroxylation is 1. The molecule has 0 bridgehead atoms. The summed E-state index contributed by atoms with van der Waals surface area (Å²) >= 11 is 6.05. The summed E-state index contributed by atoms with van der Waals surface area (Å²) < 4.78 is 5.20. The third kappa shape index (κ3) is 3.45. The lowest BCUT2D eigenvalue weighted by Gasteiger charge is -2.08. The number of rotatable bonds is 4. The number of hydrogen-bond acceptors (Lipinski definition) is 6. The number of nitrogens with zero attached hydrogens (tertiary/aromatic N) is 3. The minimum absolute atomic E-state index is 0.0964. The monoisotopic (exact) mass is 279 g/mol. The average Bonchev–Trinajstić information content (AvgIpc) is 2.33. The first-order valence-corrected chi connectivity index (χ1v) is 6.14. The second-order valence-electron chi connectivity index (χ2n) is 3.82. The van der Waals surface area contributed by atoms with Crippen LogP contribution in [0, 0.1) is 6.92 Å². The number of ether oxygens (including phenoxy) is 1. The van der Waals surface area contributed by atoms with Gasteiger partial charge in [-0.3, -0.25) is 0 Å². The van der Waals surface area contributed by atoms with Gasteiger partial charge in [0, 0.05) is 10.7 Å². The number of benzene rings is 1. The highest BCUT2D eigenvalue weighted by molar-refractivity contribution is 6.31. The molecular weight excluding hydrogens is 266 g/mol. The molecule has 0 fully saturated rings. The summed E-state index contributed by atoms with van der Waals surface area (Å²) in [4.78, 5) is 11.9. The number of nitrogens with one attached hydrogen (secondary N) is 1. The van der Waals surface area contributed by atoms with Crippen LogP contribution in [0.2, 0.25) is 5.02 Å². The van der Waals surface area contributed by atoms with Crippen molar-refractivity contribution in [2.75, 3.05) is 17.7 Å². The Bertz CT molecular complexity index is 590. The number of nitrogens with two attached hydrogens (primary N) is 1. The Morgan fingerprint density at radius 1 is 1.32 bits per heavy atom. The summed E-state index contributed by atoms with van der Waals surface area (Å²) in [5.74, 6) is 0.412. The molecule has 3 N–H and O–H groups in total. The Hall–Kier alpha value is -2.08. The van der Waals surface area contributed by atoms with Gasteiger partial charge in [-0.25, -0.2) is 0 Å². The number of hydrogen-bond donors (Lipinski definition) is 2. The third-order valence-corrected chi connectivity index (χ3v) is 2.74. The standard InChI is InChI=1S/C12H14ClN5O/c1-3-19-12-17-10(14)16-11(18-12)15-8-5-4-7(2)9(13)6-8/h4-6H,3H2,1-2H3,(H3,14,15,16,17,18). The summed E-state index contributed by atoms with van der Waals surface area (Å²) in [6, 6.07) is 5.76. The van der Waals surface area contributed by atoms with Gasteiger partial charge in [-0.15, -0.1) is 0 Å². The van der Waals surface area contributed by atoms with Crippen LogP contribution < -0.4 is 15.8 Å². The average molecular weight is 280 g/mol. The van der Waals surface area contributed by atoms with Crippen LogP contribution in [-0.4, -0.2) is 21.6 Å². The molecule has 0 amide bonds. The zero-order valence-electron chi connectivity index (χ0n) is 10.6. The maximum atomic E-state index is 6.05. The SMILES string of the molecule is CCOc1nc(N)nc(Nc2ccc(C)c(Cl)c2)n1. The van der Waals surface area contributed by atoms with E-state index in [2.05, 4.69) is 20.3 Å². The zero-order chi connectivity index (χ0) is 13.8. The minimum Gasteiger partial charge on any atom is -0.464 e. The van der Waals surface area contributed by atoms with Crippen molar-refractivity contribution in [3.63, 3.8) is 0 Å². The Kier molecular flexibility index (Phi) is 4.01. The van der Waals surface area contributed by atoms with E-state index >= 15 is 0 Å². The number of aromatic nitrogens is 3. The fourth-order valence-electron chi connectivity index (χ4n) is 1.42. The predicted molar refractivity (Wildman–Crippen MR) is 74.9 cm³/mol. The molecule has 0 aliphatic carbocycles. The molecule has 1 aromatic carbocycles. The molecule has 6 nitrogen and oxygen atoms in total. The summed E-state index contributed by atoms with van der Waals surface area (Å²) in [6.07, 6.45) is 0. The van der Waals surface area contributed by atoms with Gasteiger partial charge in [-0.1, -0.05) is 17.7 Å². The Balaban J connectivity index is 2.24. The van der Waals surface area contributed by atoms with Gasteiger partial charge in [-0.2, -0.15) is 15.0 Å². The Labute approximate surface area is 116 Å². The molecule has 0 spiro atoms. The van der Waals surface area contributed by atoms with Crippen molar-refractivity contribution < 1.29 is 4.74 Å². The molecule has 0 aliphatic heterocycles. The van der Waals surface area contributed by atoms with Crippen LogP contribution >= 0.6 is 11.6 Å². The fraction of sp³-hybridized carbons (Fsp3) is 0.250. The van der Waals surface area contributed by atoms with Crippen molar-refractivity contribution in [2.24, 2.45) is 0 Å². The van der Waals surface area contributed by atoms with E-state index < -0.39 is 0 Å². The van der Waals surface area contributed by atoms with Crippen LogP contribution in [0.5, 0.6) is 6.01 Å². The molecule has 2 rings (SSSR count). The van der Waals surface area contributed by atoms with Crippen molar-refractivity contribution in [2.45, 2.75) is 13.8 Å². The molecule has 1 aromatic heterocycles. The molecule has 2 aromatic rings. The van der Waals surface area contributed by atoms with E-state index in [9.17, 15) is 0 Å². The van der Waals surface area contributed by atoms with Gasteiger partial charge in [0.1, 0.15) is 0 Å². The second-order valence-corrected chi connectivity index (χ2v) is 4.23. The quantitative estimate of drug-likeness (QED) is 0.894. The largest absolute Gasteiger partial charge is 0.464 e. The molecule has 19 heavy (non-hydrogen) atoms. The van der Waals surface area contributed by atoms with Gasteiger partial charge >= 0.3 is 6.01 Å². The first kappa shape index (κ1) is 13.4. The highest BCUT2D eigenvalue weighted by Gasteiger charge is 2.06. The molecule has 0 radical (unpaired) electrons. The smallest absolute Gasteiger partial charge is 0.323 e. The fourth-order valence-corrected chi connectivity index (χ4v) is 1.60. The van der Waals surface area contributed by atoms with Gasteiger partial charge < -0.3 is 15.8 Å². The van der Waals surface area contributed by atoms with E-state index in [4.69, 9.17) is 22.1 Å². The second kappa shape index (κ2) is 5.71. The molecule has 0 saturated carbocycles. The molecular formula is C12H14ClN5O. The summed E-state index contributed by atoms with van der Waals surface area (Å²) in [5.41, 5.74) is 7.35. The molecule has 7 heteroatoms. The third-order valence-electron chi connectivity index (χ3n) is 2.33. The topological polar surface area (TPSA) is 86.0 Å². The first-order chi connectivity index (χ1) is 9.08. The lowest BCUT2D eigenvalue weighted by atomic mass is 10.2. The van der Waals surface area contributed by atoms with Gasteiger partial charge in [0.2, 0.25) is 11.9 Å². The van der Waals surface area contributed by atoms with Gasteiger partial charge in [-0.05, 0) is 31.5 Å². The van der Waals surface area contributed by atoms with Gasteiger partial charge in [0.25, 0.3) is 0 Å². The van der Waals surface area contributed by atoms with Crippen molar-refractivity contribution in [1.29, 1.82) is 0 Å². The van der Waals surface area contributed by atoms with Crippen LogP contribution in [0.15, 0.2) is 18.2 Å². The normalized spacial score (nSPS) is 10.3. The van der Waals surface area contributed by atoms with Crippen molar-refractivity contribution >= 4 is 29.2 Å². The predicted octanol–water partition coefficient (Wildman–Crippen LogP) is 2.56. The molecule has 0 unspecified atom stereocenters. The van der Waals surface area contributed by atoms with Crippen molar-refractivity contribution in [1.82, 2.24) is 15.0 Å². The molecule has 100 valence electrons. The first-order valence-electron chi connectivity index (χ1n) is 5.76. The van der Waals surface area contributed by atoms with E-state index in [0.29, 0.717) is 17.6 Å². The maximum absolute atomic E-state index is 6.05. The number of halogens is 1. The van der Waals surface area contributed by atoms with Gasteiger partial charge in [0.15, 0.2) is 0 Å². The van der Waals surface area contributed by atoms with E-state index in [-0.39, 0.29) is 12.0 Å². The van der Waals surface area contributed by atoms with E-state index in [1.807, 2.05) is 26.0 Å². The summed E-state index contributed by atoms with van der Waals surface area (Å²) in [7, 11) is 0. The zero-order valence-corrected chi connectivity index (χ0v) is 11.4. The lowest BCUT2D eigenvalue weighted by molar-refractivity contribution is 0.312. The van der Waals surface area contributed by atoms with Crippen molar-refractivity contribution in [3.8, 4) is 6.01 Å². The highest BCUT2D eigenvalue weighted by atomic mass is 35.5. The highest BCUT2D eigenvalue weighted by Crippen LogP contribution is 2.22. The van der Waals surface area contributed by atoms with Crippen LogP contribution in [0.1, 0.15) is 12.5 Å².